The molecule has 0 aliphatic heterocycles. The number of hydrogen-bond acceptors (Lipinski definition) is 5. The normalized spacial score (nSPS) is 16.4. The van der Waals surface area contributed by atoms with Crippen molar-refractivity contribution in [1.82, 2.24) is 9.78 Å². The molecule has 3 N–H and O–H groups in total. The molecule has 0 bridgehead atoms. The fourth-order valence-electron chi connectivity index (χ4n) is 2.73. The third-order valence-electron chi connectivity index (χ3n) is 3.68. The lowest BCUT2D eigenvalue weighted by Crippen LogP contribution is -2.17. The Hall–Kier alpha value is -1.72. The summed E-state index contributed by atoms with van der Waals surface area (Å²) in [6.45, 7) is 3.99. The Labute approximate surface area is 119 Å². The fourth-order valence-corrected chi connectivity index (χ4v) is 2.73. The van der Waals surface area contributed by atoms with Gasteiger partial charge in [-0.25, -0.2) is 9.48 Å². The highest BCUT2D eigenvalue weighted by Gasteiger charge is 2.27. The van der Waals surface area contributed by atoms with Crippen LogP contribution in [0.15, 0.2) is 0 Å². The van der Waals surface area contributed by atoms with Crippen molar-refractivity contribution in [2.45, 2.75) is 58.0 Å². The first kappa shape index (κ1) is 14.7. The quantitative estimate of drug-likeness (QED) is 0.828. The van der Waals surface area contributed by atoms with Gasteiger partial charge in [-0.2, -0.15) is 5.10 Å². The summed E-state index contributed by atoms with van der Waals surface area (Å²) in [5, 5.41) is 7.70. The van der Waals surface area contributed by atoms with E-state index >= 15 is 0 Å². The molecule has 2 rings (SSSR count). The van der Waals surface area contributed by atoms with Crippen LogP contribution in [0, 0.1) is 0 Å². The number of nitrogens with one attached hydrogen (secondary N) is 1. The van der Waals surface area contributed by atoms with Gasteiger partial charge < -0.3 is 15.8 Å². The highest BCUT2D eigenvalue weighted by molar-refractivity contribution is 5.99. The Balaban J connectivity index is 2.37. The molecule has 0 unspecified atom stereocenters. The first-order chi connectivity index (χ1) is 9.54. The number of rotatable bonds is 4. The van der Waals surface area contributed by atoms with E-state index in [0.717, 1.165) is 12.8 Å². The summed E-state index contributed by atoms with van der Waals surface area (Å²) in [7, 11) is 1.36. The zero-order valence-corrected chi connectivity index (χ0v) is 12.5. The highest BCUT2D eigenvalue weighted by Crippen LogP contribution is 2.33. The Morgan fingerprint density at radius 3 is 2.60 bits per heavy atom. The Kier molecular flexibility index (Phi) is 4.52. The molecule has 6 nitrogen and oxygen atoms in total. The molecule has 1 aliphatic rings. The number of esters is 1. The number of carbonyl (C=O) groups excluding carboxylic acids is 1. The van der Waals surface area contributed by atoms with Gasteiger partial charge in [-0.3, -0.25) is 0 Å². The number of hydrogen-bond donors (Lipinski definition) is 2. The number of anilines is 2. The molecule has 0 aromatic carbocycles. The lowest BCUT2D eigenvalue weighted by Gasteiger charge is -2.22. The number of nitrogens with zero attached hydrogens (tertiary/aromatic N) is 2. The largest absolute Gasteiger partial charge is 0.465 e. The van der Waals surface area contributed by atoms with Gasteiger partial charge in [-0.15, -0.1) is 0 Å². The molecule has 1 fully saturated rings. The zero-order valence-electron chi connectivity index (χ0n) is 12.5. The fraction of sp³-hybridized carbons (Fsp3) is 0.714. The number of nitrogen functional groups attached to an aromatic ring is 1. The molecular formula is C14H24N4O2. The van der Waals surface area contributed by atoms with Crippen molar-refractivity contribution in [2.24, 2.45) is 0 Å². The topological polar surface area (TPSA) is 82.2 Å². The van der Waals surface area contributed by atoms with Gasteiger partial charge in [0.25, 0.3) is 0 Å². The van der Waals surface area contributed by atoms with Crippen LogP contribution in [0.4, 0.5) is 11.6 Å². The van der Waals surface area contributed by atoms with Crippen molar-refractivity contribution in [2.75, 3.05) is 18.2 Å². The monoisotopic (exact) mass is 280 g/mol. The van der Waals surface area contributed by atoms with Gasteiger partial charge in [0.1, 0.15) is 11.4 Å². The molecule has 0 saturated heterocycles. The molecule has 0 amide bonds. The summed E-state index contributed by atoms with van der Waals surface area (Å²) in [6, 6.07) is 0.461. The average Bonchev–Trinajstić information content (AvgIpc) is 2.75. The number of carbonyl (C=O) groups is 1. The lowest BCUT2D eigenvalue weighted by molar-refractivity contribution is 0.0603. The lowest BCUT2D eigenvalue weighted by atomic mass is 9.96. The maximum absolute atomic E-state index is 11.9. The minimum atomic E-state index is -0.437. The molecule has 0 atom stereocenters. The maximum atomic E-state index is 11.9. The predicted molar refractivity (Wildman–Crippen MR) is 78.9 cm³/mol. The molecule has 1 saturated carbocycles. The van der Waals surface area contributed by atoms with E-state index in [0.29, 0.717) is 17.2 Å². The van der Waals surface area contributed by atoms with Crippen LogP contribution in [-0.4, -0.2) is 28.9 Å². The third kappa shape index (κ3) is 2.89. The van der Waals surface area contributed by atoms with Crippen LogP contribution < -0.4 is 11.1 Å². The van der Waals surface area contributed by atoms with Crippen LogP contribution in [0.5, 0.6) is 0 Å². The average molecular weight is 280 g/mol. The van der Waals surface area contributed by atoms with Crippen molar-refractivity contribution in [1.29, 1.82) is 0 Å². The van der Waals surface area contributed by atoms with Crippen LogP contribution in [-0.2, 0) is 4.74 Å². The predicted octanol–water partition coefficient (Wildman–Crippen LogP) is 2.58. The van der Waals surface area contributed by atoms with Gasteiger partial charge in [0.15, 0.2) is 5.82 Å². The second-order valence-electron chi connectivity index (χ2n) is 5.64. The van der Waals surface area contributed by atoms with Crippen LogP contribution in [0.25, 0.3) is 0 Å². The minimum absolute atomic E-state index is 0.174. The molecule has 0 radical (unpaired) electrons. The summed E-state index contributed by atoms with van der Waals surface area (Å²) >= 11 is 0. The standard InChI is InChI=1S/C14H24N4O2/c1-9(2)16-13-11(14(19)20-3)12(15)18(17-13)10-7-5-4-6-8-10/h9-10H,4-8,15H2,1-3H3,(H,16,17). The van der Waals surface area contributed by atoms with E-state index in [1.54, 1.807) is 4.68 Å². The van der Waals surface area contributed by atoms with E-state index in [1.807, 2.05) is 13.8 Å². The van der Waals surface area contributed by atoms with E-state index < -0.39 is 5.97 Å². The molecule has 1 aliphatic carbocycles. The Bertz CT molecular complexity index is 476. The number of aromatic nitrogens is 2. The molecule has 1 aromatic rings. The van der Waals surface area contributed by atoms with Gasteiger partial charge in [-0.1, -0.05) is 19.3 Å². The molecule has 6 heteroatoms. The van der Waals surface area contributed by atoms with Crippen molar-refractivity contribution in [3.8, 4) is 0 Å². The Morgan fingerprint density at radius 1 is 1.40 bits per heavy atom. The zero-order chi connectivity index (χ0) is 14.7. The first-order valence-corrected chi connectivity index (χ1v) is 7.27. The van der Waals surface area contributed by atoms with Gasteiger partial charge in [0, 0.05) is 6.04 Å². The number of nitrogens with two attached hydrogens (primary N) is 1. The van der Waals surface area contributed by atoms with Gasteiger partial charge in [0.05, 0.1) is 13.2 Å². The highest BCUT2D eigenvalue weighted by atomic mass is 16.5. The number of methoxy groups -OCH3 is 1. The number of ether oxygens (including phenoxy) is 1. The maximum Gasteiger partial charge on any atom is 0.345 e. The molecule has 112 valence electrons. The summed E-state index contributed by atoms with van der Waals surface area (Å²) < 4.78 is 6.63. The van der Waals surface area contributed by atoms with Crippen molar-refractivity contribution >= 4 is 17.6 Å². The van der Waals surface area contributed by atoms with Crippen molar-refractivity contribution in [3.05, 3.63) is 5.56 Å². The minimum Gasteiger partial charge on any atom is -0.465 e. The summed E-state index contributed by atoms with van der Waals surface area (Å²) in [5.41, 5.74) is 6.50. The van der Waals surface area contributed by atoms with Gasteiger partial charge in [-0.05, 0) is 26.7 Å². The van der Waals surface area contributed by atoms with E-state index in [-0.39, 0.29) is 12.1 Å². The molecule has 1 heterocycles. The van der Waals surface area contributed by atoms with E-state index in [9.17, 15) is 4.79 Å². The van der Waals surface area contributed by atoms with Crippen molar-refractivity contribution < 1.29 is 9.53 Å². The van der Waals surface area contributed by atoms with E-state index in [2.05, 4.69) is 10.4 Å². The molecular weight excluding hydrogens is 256 g/mol. The third-order valence-corrected chi connectivity index (χ3v) is 3.68. The van der Waals surface area contributed by atoms with Gasteiger partial charge in [0.2, 0.25) is 0 Å². The van der Waals surface area contributed by atoms with Crippen molar-refractivity contribution in [3.63, 3.8) is 0 Å². The van der Waals surface area contributed by atoms with Crippen LogP contribution in [0.2, 0.25) is 0 Å². The van der Waals surface area contributed by atoms with Crippen LogP contribution in [0.3, 0.4) is 0 Å². The molecule has 20 heavy (non-hydrogen) atoms. The first-order valence-electron chi connectivity index (χ1n) is 7.27. The summed E-state index contributed by atoms with van der Waals surface area (Å²) in [6.07, 6.45) is 5.76. The van der Waals surface area contributed by atoms with E-state index in [1.165, 1.54) is 26.4 Å². The second-order valence-corrected chi connectivity index (χ2v) is 5.64. The van der Waals surface area contributed by atoms with Crippen LogP contribution in [0.1, 0.15) is 62.4 Å². The van der Waals surface area contributed by atoms with Crippen LogP contribution >= 0.6 is 0 Å². The van der Waals surface area contributed by atoms with Gasteiger partial charge >= 0.3 is 5.97 Å². The smallest absolute Gasteiger partial charge is 0.345 e. The summed E-state index contributed by atoms with van der Waals surface area (Å²) in [5.74, 6) is 0.495. The summed E-state index contributed by atoms with van der Waals surface area (Å²) in [4.78, 5) is 11.9. The molecule has 0 spiro atoms. The second kappa shape index (κ2) is 6.15. The van der Waals surface area contributed by atoms with E-state index in [4.69, 9.17) is 10.5 Å². The SMILES string of the molecule is COC(=O)c1c(NC(C)C)nn(C2CCCCC2)c1N. The Morgan fingerprint density at radius 2 is 2.05 bits per heavy atom. The molecule has 1 aromatic heterocycles.